The highest BCUT2D eigenvalue weighted by Gasteiger charge is 2.48. The van der Waals surface area contributed by atoms with E-state index < -0.39 is 24.9 Å². The molecule has 0 aliphatic carbocycles. The number of β-lactam (4-membered cyclic amide) rings is 1. The molecule has 1 saturated heterocycles. The Morgan fingerprint density at radius 1 is 0.889 bits per heavy atom. The zero-order valence-electron chi connectivity index (χ0n) is 25.0. The molecule has 2 heterocycles. The Morgan fingerprint density at radius 3 is 2.18 bits per heavy atom. The summed E-state index contributed by atoms with van der Waals surface area (Å²) in [6.07, 6.45) is 5.26. The maximum atomic E-state index is 13.6. The molecule has 1 fully saturated rings. The van der Waals surface area contributed by atoms with Crippen LogP contribution in [0.1, 0.15) is 59.4 Å². The van der Waals surface area contributed by atoms with Gasteiger partial charge in [-0.05, 0) is 85.0 Å². The first-order valence-corrected chi connectivity index (χ1v) is 15.1. The van der Waals surface area contributed by atoms with Crippen molar-refractivity contribution in [1.29, 1.82) is 0 Å². The van der Waals surface area contributed by atoms with E-state index in [1.807, 2.05) is 48.5 Å². The van der Waals surface area contributed by atoms with Crippen LogP contribution in [0.5, 0.6) is 0 Å². The molecule has 4 aromatic rings. The first-order valence-electron chi connectivity index (χ1n) is 15.1. The van der Waals surface area contributed by atoms with E-state index in [-0.39, 0.29) is 30.1 Å². The third-order valence-electron chi connectivity index (χ3n) is 8.60. The van der Waals surface area contributed by atoms with Crippen LogP contribution < -0.4 is 10.6 Å². The second-order valence-corrected chi connectivity index (χ2v) is 11.8. The van der Waals surface area contributed by atoms with Crippen LogP contribution in [-0.4, -0.2) is 55.1 Å². The molecule has 1 aliphatic heterocycles. The second-order valence-electron chi connectivity index (χ2n) is 11.8. The molecule has 9 nitrogen and oxygen atoms in total. The predicted octanol–water partition coefficient (Wildman–Crippen LogP) is 3.85. The fraction of sp³-hybridized carbons (Fsp3) is 0.343. The van der Waals surface area contributed by atoms with Crippen molar-refractivity contribution in [1.82, 2.24) is 9.97 Å². The molecule has 10 heteroatoms. The van der Waals surface area contributed by atoms with Crippen LogP contribution in [0.3, 0.4) is 0 Å². The monoisotopic (exact) mass is 614 g/mol. The van der Waals surface area contributed by atoms with Crippen LogP contribution in [0, 0.1) is 11.7 Å². The van der Waals surface area contributed by atoms with E-state index in [2.05, 4.69) is 9.97 Å². The van der Waals surface area contributed by atoms with Gasteiger partial charge in [0.1, 0.15) is 17.2 Å². The summed E-state index contributed by atoms with van der Waals surface area (Å²) in [6, 6.07) is 21.1. The summed E-state index contributed by atoms with van der Waals surface area (Å²) in [5.41, 5.74) is 9.33. The van der Waals surface area contributed by atoms with E-state index >= 15 is 0 Å². The molecule has 1 aromatic heterocycles. The van der Waals surface area contributed by atoms with Crippen LogP contribution in [0.4, 0.5) is 15.9 Å². The summed E-state index contributed by atoms with van der Waals surface area (Å²) in [5.74, 6) is -0.383. The second kappa shape index (κ2) is 14.3. The van der Waals surface area contributed by atoms with E-state index in [9.17, 15) is 29.6 Å². The largest absolute Gasteiger partial charge is 0.393 e. The van der Waals surface area contributed by atoms with Crippen LogP contribution in [0.25, 0.3) is 0 Å². The number of nitrogens with two attached hydrogens (primary N) is 1. The third-order valence-corrected chi connectivity index (χ3v) is 8.60. The molecule has 3 atom stereocenters. The van der Waals surface area contributed by atoms with Gasteiger partial charge < -0.3 is 31.1 Å². The van der Waals surface area contributed by atoms with Crippen LogP contribution in [0.15, 0.2) is 85.2 Å². The number of nitrogen functional groups attached to an aromatic ring is 1. The molecular formula is C35H39FN4O5. The van der Waals surface area contributed by atoms with Gasteiger partial charge in [-0.25, -0.2) is 9.37 Å². The molecule has 6 N–H and O–H groups in total. The third kappa shape index (κ3) is 7.72. The number of rotatable bonds is 14. The number of aliphatic hydroxyl groups is 4. The van der Waals surface area contributed by atoms with Crippen molar-refractivity contribution in [3.63, 3.8) is 0 Å². The average Bonchev–Trinajstić information content (AvgIpc) is 3.06. The maximum Gasteiger partial charge on any atom is 0.233 e. The molecule has 1 amide bonds. The number of carbonyl (C=O) groups excluding carboxylic acids is 1. The van der Waals surface area contributed by atoms with Gasteiger partial charge in [0.05, 0.1) is 43.2 Å². The van der Waals surface area contributed by atoms with Gasteiger partial charge in [0.2, 0.25) is 5.91 Å². The highest BCUT2D eigenvalue weighted by atomic mass is 19.1. The van der Waals surface area contributed by atoms with Gasteiger partial charge in [0, 0.05) is 11.9 Å². The Hall–Kier alpha value is -4.22. The van der Waals surface area contributed by atoms with Gasteiger partial charge in [-0.15, -0.1) is 0 Å². The number of aromatic nitrogens is 2. The minimum absolute atomic E-state index is 0.0332. The Balaban J connectivity index is 1.32. The molecule has 236 valence electrons. The summed E-state index contributed by atoms with van der Waals surface area (Å²) < 4.78 is 13.4. The van der Waals surface area contributed by atoms with Crippen molar-refractivity contribution in [2.24, 2.45) is 5.92 Å². The standard InChI is InChI=1S/C35H39FN4O5/c36-27-10-8-25(9-11-27)31(43)16-15-30-33(26-6-1-24(2-7-26)17-18-35(45,21-41)22-42)40(34(30)44)29-13-4-23(5-14-29)3-12-28-19-38-20-32(37)39-28/h1-2,4-11,13-14,19-20,30-31,33,41-43,45H,3,12,15-18,21-22H2,(H2,37,39)/t30-,31+,33-/m1/s1. The molecule has 0 saturated carbocycles. The number of carbonyl (C=O) groups is 1. The topological polar surface area (TPSA) is 153 Å². The van der Waals surface area contributed by atoms with Gasteiger partial charge in [-0.1, -0.05) is 48.5 Å². The normalized spacial score (nSPS) is 17.3. The van der Waals surface area contributed by atoms with Gasteiger partial charge in [-0.3, -0.25) is 9.78 Å². The number of halogens is 1. The number of amides is 1. The summed E-state index contributed by atoms with van der Waals surface area (Å²) in [5, 5.41) is 39.8. The fourth-order valence-corrected chi connectivity index (χ4v) is 5.79. The molecule has 0 spiro atoms. The van der Waals surface area contributed by atoms with Gasteiger partial charge in [-0.2, -0.15) is 0 Å². The predicted molar refractivity (Wildman–Crippen MR) is 168 cm³/mol. The van der Waals surface area contributed by atoms with Crippen molar-refractivity contribution in [2.75, 3.05) is 23.8 Å². The minimum atomic E-state index is -1.54. The molecule has 0 radical (unpaired) electrons. The molecule has 1 aliphatic rings. The van der Waals surface area contributed by atoms with Gasteiger partial charge in [0.15, 0.2) is 0 Å². The molecule has 0 unspecified atom stereocenters. The lowest BCUT2D eigenvalue weighted by Crippen LogP contribution is -2.55. The van der Waals surface area contributed by atoms with Crippen molar-refractivity contribution in [3.8, 4) is 0 Å². The summed E-state index contributed by atoms with van der Waals surface area (Å²) in [6.45, 7) is -1.06. The zero-order chi connectivity index (χ0) is 32.0. The molecule has 0 bridgehead atoms. The summed E-state index contributed by atoms with van der Waals surface area (Å²) in [7, 11) is 0. The lowest BCUT2D eigenvalue weighted by molar-refractivity contribution is -0.131. The highest BCUT2D eigenvalue weighted by Crippen LogP contribution is 2.46. The van der Waals surface area contributed by atoms with Gasteiger partial charge in [0.25, 0.3) is 0 Å². The number of aliphatic hydroxyl groups excluding tert-OH is 3. The molecule has 3 aromatic carbocycles. The van der Waals surface area contributed by atoms with Crippen molar-refractivity contribution < 1.29 is 29.6 Å². The van der Waals surface area contributed by atoms with E-state index in [1.165, 1.54) is 18.3 Å². The number of anilines is 2. The average molecular weight is 615 g/mol. The van der Waals surface area contributed by atoms with Gasteiger partial charge >= 0.3 is 0 Å². The number of hydrogen-bond donors (Lipinski definition) is 5. The van der Waals surface area contributed by atoms with Crippen molar-refractivity contribution >= 4 is 17.4 Å². The lowest BCUT2D eigenvalue weighted by Gasteiger charge is -2.48. The smallest absolute Gasteiger partial charge is 0.233 e. The van der Waals surface area contributed by atoms with Crippen LogP contribution >= 0.6 is 0 Å². The maximum absolute atomic E-state index is 13.6. The lowest BCUT2D eigenvalue weighted by atomic mass is 9.78. The molecular weight excluding hydrogens is 575 g/mol. The van der Waals surface area contributed by atoms with E-state index in [4.69, 9.17) is 5.73 Å². The minimum Gasteiger partial charge on any atom is -0.393 e. The Labute approximate surface area is 261 Å². The Morgan fingerprint density at radius 2 is 1.53 bits per heavy atom. The Kier molecular flexibility index (Phi) is 10.2. The molecule has 45 heavy (non-hydrogen) atoms. The first kappa shape index (κ1) is 32.2. The van der Waals surface area contributed by atoms with E-state index in [0.29, 0.717) is 37.1 Å². The van der Waals surface area contributed by atoms with E-state index in [1.54, 1.807) is 23.2 Å². The first-order chi connectivity index (χ1) is 21.7. The Bertz CT molecular complexity index is 1560. The van der Waals surface area contributed by atoms with Crippen molar-refractivity contribution in [2.45, 2.75) is 56.3 Å². The molecule has 5 rings (SSSR count). The highest BCUT2D eigenvalue weighted by molar-refractivity contribution is 6.03. The number of aryl methyl sites for hydroxylation is 3. The van der Waals surface area contributed by atoms with Crippen molar-refractivity contribution in [3.05, 3.63) is 119 Å². The fourth-order valence-electron chi connectivity index (χ4n) is 5.79. The number of hydrogen-bond acceptors (Lipinski definition) is 8. The summed E-state index contributed by atoms with van der Waals surface area (Å²) in [4.78, 5) is 23.8. The zero-order valence-corrected chi connectivity index (χ0v) is 25.0. The van der Waals surface area contributed by atoms with E-state index in [0.717, 1.165) is 34.5 Å². The number of nitrogens with zero attached hydrogens (tertiary/aromatic N) is 3. The van der Waals surface area contributed by atoms with Crippen LogP contribution in [0.2, 0.25) is 0 Å². The van der Waals surface area contributed by atoms with Crippen LogP contribution in [-0.2, 0) is 24.1 Å². The quantitative estimate of drug-likeness (QED) is 0.134. The number of benzene rings is 3. The summed E-state index contributed by atoms with van der Waals surface area (Å²) >= 11 is 0. The SMILES string of the molecule is Nc1cncc(CCc2ccc(N3C(=O)[C@H](CC[C@H](O)c4ccc(F)cc4)[C@H]3c3ccc(CCC(O)(CO)CO)cc3)cc2)n1.